The van der Waals surface area contributed by atoms with E-state index in [0.717, 1.165) is 29.0 Å². The third-order valence-electron chi connectivity index (χ3n) is 3.79. The minimum Gasteiger partial charge on any atom is -0.448 e. The number of thiophene rings is 1. The van der Waals surface area contributed by atoms with E-state index in [1.54, 1.807) is 19.1 Å². The average Bonchev–Trinajstić information content (AvgIpc) is 3.01. The van der Waals surface area contributed by atoms with E-state index in [1.165, 1.54) is 0 Å². The summed E-state index contributed by atoms with van der Waals surface area (Å²) in [5.41, 5.74) is 1.82. The van der Waals surface area contributed by atoms with Gasteiger partial charge >= 0.3 is 5.97 Å². The molecule has 2 rings (SSSR count). The lowest BCUT2D eigenvalue weighted by Gasteiger charge is -2.18. The van der Waals surface area contributed by atoms with Crippen LogP contribution in [0.5, 0.6) is 0 Å². The van der Waals surface area contributed by atoms with Crippen molar-refractivity contribution in [2.45, 2.75) is 39.2 Å². The van der Waals surface area contributed by atoms with Crippen molar-refractivity contribution >= 4 is 40.5 Å². The van der Waals surface area contributed by atoms with Crippen LogP contribution in [0.15, 0.2) is 36.4 Å². The number of rotatable bonds is 6. The molecule has 128 valence electrons. The Balaban J connectivity index is 2.03. The molecule has 2 aromatic rings. The number of carbonyl (C=O) groups is 2. The van der Waals surface area contributed by atoms with Crippen molar-refractivity contribution in [2.24, 2.45) is 0 Å². The maximum absolute atomic E-state index is 12.3. The summed E-state index contributed by atoms with van der Waals surface area (Å²) < 4.78 is 5.71. The van der Waals surface area contributed by atoms with Crippen molar-refractivity contribution in [2.75, 3.05) is 5.32 Å². The smallest absolute Gasteiger partial charge is 0.349 e. The molecule has 0 saturated carbocycles. The van der Waals surface area contributed by atoms with Crippen molar-refractivity contribution in [1.29, 1.82) is 0 Å². The van der Waals surface area contributed by atoms with Crippen molar-refractivity contribution in [1.82, 2.24) is 0 Å². The fraction of sp³-hybridized carbons (Fsp3) is 0.333. The first kappa shape index (κ1) is 18.5. The van der Waals surface area contributed by atoms with Gasteiger partial charge in [0.2, 0.25) is 0 Å². The predicted octanol–water partition coefficient (Wildman–Crippen LogP) is 5.10. The zero-order valence-corrected chi connectivity index (χ0v) is 15.4. The van der Waals surface area contributed by atoms with Gasteiger partial charge in [-0.25, -0.2) is 4.79 Å². The molecular weight excluding hydrogens is 346 g/mol. The maximum atomic E-state index is 12.3. The molecule has 6 heteroatoms. The van der Waals surface area contributed by atoms with Gasteiger partial charge in [0.15, 0.2) is 6.10 Å². The number of carbonyl (C=O) groups excluding carboxylic acids is 2. The topological polar surface area (TPSA) is 55.4 Å². The van der Waals surface area contributed by atoms with Gasteiger partial charge < -0.3 is 10.1 Å². The highest BCUT2D eigenvalue weighted by Gasteiger charge is 2.21. The number of hydrogen-bond donors (Lipinski definition) is 1. The monoisotopic (exact) mass is 365 g/mol. The molecule has 0 aliphatic carbocycles. The molecule has 0 aliphatic heterocycles. The van der Waals surface area contributed by atoms with Crippen LogP contribution in [0.1, 0.15) is 48.3 Å². The lowest BCUT2D eigenvalue weighted by Crippen LogP contribution is -2.30. The zero-order chi connectivity index (χ0) is 17.7. The minimum atomic E-state index is -0.900. The number of benzene rings is 1. The van der Waals surface area contributed by atoms with Gasteiger partial charge in [-0.05, 0) is 43.0 Å². The van der Waals surface area contributed by atoms with Gasteiger partial charge in [-0.2, -0.15) is 0 Å². The van der Waals surface area contributed by atoms with E-state index in [4.69, 9.17) is 16.3 Å². The van der Waals surface area contributed by atoms with Gasteiger partial charge in [0.05, 0.1) is 4.34 Å². The van der Waals surface area contributed by atoms with E-state index >= 15 is 0 Å². The Morgan fingerprint density at radius 3 is 2.54 bits per heavy atom. The SMILES string of the molecule is CC[C@@H](C)c1ccccc1NC(=O)[C@H](C)OC(=O)c1ccc(Cl)s1. The molecule has 1 N–H and O–H groups in total. The van der Waals surface area contributed by atoms with E-state index in [-0.39, 0.29) is 5.91 Å². The molecule has 1 aromatic heterocycles. The van der Waals surface area contributed by atoms with Crippen LogP contribution >= 0.6 is 22.9 Å². The molecule has 1 aromatic carbocycles. The largest absolute Gasteiger partial charge is 0.448 e. The second kappa shape index (κ2) is 8.31. The summed E-state index contributed by atoms with van der Waals surface area (Å²) in [6, 6.07) is 10.9. The van der Waals surface area contributed by atoms with Crippen LogP contribution in [-0.2, 0) is 9.53 Å². The van der Waals surface area contributed by atoms with Gasteiger partial charge in [0, 0.05) is 5.69 Å². The normalized spacial score (nSPS) is 13.2. The third-order valence-corrected chi connectivity index (χ3v) is 5.00. The van der Waals surface area contributed by atoms with Crippen LogP contribution < -0.4 is 5.32 Å². The molecule has 4 nitrogen and oxygen atoms in total. The van der Waals surface area contributed by atoms with Gasteiger partial charge in [-0.15, -0.1) is 11.3 Å². The van der Waals surface area contributed by atoms with Gasteiger partial charge in [0.1, 0.15) is 4.88 Å². The van der Waals surface area contributed by atoms with Gasteiger partial charge in [-0.1, -0.05) is 43.6 Å². The number of para-hydroxylation sites is 1. The number of ether oxygens (including phenoxy) is 1. The number of hydrogen-bond acceptors (Lipinski definition) is 4. The van der Waals surface area contributed by atoms with Crippen LogP contribution in [0.2, 0.25) is 4.34 Å². The fourth-order valence-electron chi connectivity index (χ4n) is 2.19. The van der Waals surface area contributed by atoms with E-state index in [0.29, 0.717) is 15.1 Å². The second-order valence-electron chi connectivity index (χ2n) is 5.54. The highest BCUT2D eigenvalue weighted by molar-refractivity contribution is 7.17. The summed E-state index contributed by atoms with van der Waals surface area (Å²) in [6.45, 7) is 5.75. The molecule has 0 bridgehead atoms. The number of amides is 1. The zero-order valence-electron chi connectivity index (χ0n) is 13.8. The summed E-state index contributed by atoms with van der Waals surface area (Å²) in [6.07, 6.45) is 0.0691. The van der Waals surface area contributed by atoms with Crippen LogP contribution in [-0.4, -0.2) is 18.0 Å². The Labute approximate surface area is 150 Å². The Kier molecular flexibility index (Phi) is 6.40. The van der Waals surface area contributed by atoms with Crippen molar-refractivity contribution in [3.63, 3.8) is 0 Å². The Hall–Kier alpha value is -1.85. The first-order valence-electron chi connectivity index (χ1n) is 7.78. The number of halogens is 1. The van der Waals surface area contributed by atoms with Crippen LogP contribution in [0, 0.1) is 0 Å². The lowest BCUT2D eigenvalue weighted by molar-refractivity contribution is -0.123. The molecule has 2 atom stereocenters. The molecule has 1 amide bonds. The first-order chi connectivity index (χ1) is 11.4. The summed E-state index contributed by atoms with van der Waals surface area (Å²) in [5, 5.41) is 2.85. The third kappa shape index (κ3) is 4.58. The molecule has 0 aliphatic rings. The summed E-state index contributed by atoms with van der Waals surface area (Å²) >= 11 is 6.93. The number of esters is 1. The van der Waals surface area contributed by atoms with Crippen LogP contribution in [0.3, 0.4) is 0 Å². The molecule has 24 heavy (non-hydrogen) atoms. The van der Waals surface area contributed by atoms with E-state index in [2.05, 4.69) is 19.2 Å². The first-order valence-corrected chi connectivity index (χ1v) is 8.98. The van der Waals surface area contributed by atoms with Crippen LogP contribution in [0.4, 0.5) is 5.69 Å². The van der Waals surface area contributed by atoms with Crippen molar-refractivity contribution < 1.29 is 14.3 Å². The van der Waals surface area contributed by atoms with Crippen molar-refractivity contribution in [3.8, 4) is 0 Å². The quantitative estimate of drug-likeness (QED) is 0.724. The molecular formula is C18H20ClNO3S. The summed E-state index contributed by atoms with van der Waals surface area (Å²) in [7, 11) is 0. The lowest BCUT2D eigenvalue weighted by atomic mass is 9.97. The predicted molar refractivity (Wildman–Crippen MR) is 98.0 cm³/mol. The van der Waals surface area contributed by atoms with Gasteiger partial charge in [0.25, 0.3) is 5.91 Å². The molecule has 0 saturated heterocycles. The van der Waals surface area contributed by atoms with E-state index < -0.39 is 12.1 Å². The Morgan fingerprint density at radius 2 is 1.92 bits per heavy atom. The molecule has 0 unspecified atom stereocenters. The molecule has 0 radical (unpaired) electrons. The summed E-state index contributed by atoms with van der Waals surface area (Å²) in [5.74, 6) is -0.584. The fourth-order valence-corrected chi connectivity index (χ4v) is 3.12. The second-order valence-corrected chi connectivity index (χ2v) is 7.25. The number of nitrogens with one attached hydrogen (secondary N) is 1. The Bertz CT molecular complexity index is 729. The summed E-state index contributed by atoms with van der Waals surface area (Å²) in [4.78, 5) is 24.7. The number of anilines is 1. The minimum absolute atomic E-state index is 0.326. The molecule has 1 heterocycles. The van der Waals surface area contributed by atoms with Crippen LogP contribution in [0.25, 0.3) is 0 Å². The molecule has 0 fully saturated rings. The van der Waals surface area contributed by atoms with E-state index in [9.17, 15) is 9.59 Å². The average molecular weight is 366 g/mol. The van der Waals surface area contributed by atoms with Crippen molar-refractivity contribution in [3.05, 3.63) is 51.2 Å². The molecule has 0 spiro atoms. The highest BCUT2D eigenvalue weighted by Crippen LogP contribution is 2.27. The standard InChI is InChI=1S/C18H20ClNO3S/c1-4-11(2)13-7-5-6-8-14(13)20-17(21)12(3)23-18(22)15-9-10-16(19)24-15/h5-12H,4H2,1-3H3,(H,20,21)/t11-,12+/m1/s1. The Morgan fingerprint density at radius 1 is 1.21 bits per heavy atom. The van der Waals surface area contributed by atoms with Gasteiger partial charge in [-0.3, -0.25) is 4.79 Å². The van der Waals surface area contributed by atoms with E-state index in [1.807, 2.05) is 24.3 Å². The maximum Gasteiger partial charge on any atom is 0.349 e. The highest BCUT2D eigenvalue weighted by atomic mass is 35.5.